The Hall–Kier alpha value is -0.220. The normalized spacial score (nSPS) is 12.6. The predicted molar refractivity (Wildman–Crippen MR) is 75.8 cm³/mol. The van der Waals surface area contributed by atoms with Gasteiger partial charge < -0.3 is 10.4 Å². The first-order valence-electron chi connectivity index (χ1n) is 6.67. The monoisotopic (exact) mass is 261 g/mol. The molecule has 0 spiro atoms. The molecule has 4 heteroatoms. The highest BCUT2D eigenvalue weighted by molar-refractivity contribution is 7.98. The standard InChI is InChI=1S/C13H27NO2S/c1-3-4-5-6-7-8-10-14-12(13(15)16)9-11-17-2/h12,14H,3-11H2,1-2H3,(H,15,16). The van der Waals surface area contributed by atoms with Crippen molar-refractivity contribution in [3.05, 3.63) is 0 Å². The van der Waals surface area contributed by atoms with Crippen molar-refractivity contribution in [1.29, 1.82) is 0 Å². The quantitative estimate of drug-likeness (QED) is 0.530. The summed E-state index contributed by atoms with van der Waals surface area (Å²) in [5.41, 5.74) is 0. The van der Waals surface area contributed by atoms with E-state index in [9.17, 15) is 4.79 Å². The number of carboxylic acid groups (broad SMARTS) is 1. The predicted octanol–water partition coefficient (Wildman–Crippen LogP) is 3.14. The van der Waals surface area contributed by atoms with E-state index in [2.05, 4.69) is 12.2 Å². The highest BCUT2D eigenvalue weighted by Crippen LogP contribution is 2.05. The third-order valence-electron chi connectivity index (χ3n) is 2.83. The first-order chi connectivity index (χ1) is 8.22. The van der Waals surface area contributed by atoms with Gasteiger partial charge in [0.1, 0.15) is 6.04 Å². The lowest BCUT2D eigenvalue weighted by Crippen LogP contribution is -2.37. The average Bonchev–Trinajstić information content (AvgIpc) is 2.31. The van der Waals surface area contributed by atoms with Crippen molar-refractivity contribution >= 4 is 17.7 Å². The van der Waals surface area contributed by atoms with Gasteiger partial charge in [-0.1, -0.05) is 39.0 Å². The SMILES string of the molecule is CCCCCCCCNC(CCSC)C(=O)O. The minimum Gasteiger partial charge on any atom is -0.480 e. The number of carbonyl (C=O) groups is 1. The summed E-state index contributed by atoms with van der Waals surface area (Å²) in [6.07, 6.45) is 10.2. The fourth-order valence-corrected chi connectivity index (χ4v) is 2.20. The first kappa shape index (κ1) is 16.8. The summed E-state index contributed by atoms with van der Waals surface area (Å²) in [6, 6.07) is -0.363. The van der Waals surface area contributed by atoms with Crippen molar-refractivity contribution in [2.24, 2.45) is 0 Å². The van der Waals surface area contributed by atoms with Gasteiger partial charge in [-0.15, -0.1) is 0 Å². The van der Waals surface area contributed by atoms with Gasteiger partial charge >= 0.3 is 5.97 Å². The maximum absolute atomic E-state index is 10.9. The Morgan fingerprint density at radius 3 is 2.47 bits per heavy atom. The van der Waals surface area contributed by atoms with Crippen LogP contribution in [0.3, 0.4) is 0 Å². The molecule has 0 fully saturated rings. The highest BCUT2D eigenvalue weighted by Gasteiger charge is 2.15. The molecular formula is C13H27NO2S. The lowest BCUT2D eigenvalue weighted by atomic mass is 10.1. The molecule has 0 saturated carbocycles. The largest absolute Gasteiger partial charge is 0.480 e. The second-order valence-corrected chi connectivity index (χ2v) is 5.38. The zero-order chi connectivity index (χ0) is 12.9. The molecule has 0 heterocycles. The minimum atomic E-state index is -0.718. The molecule has 0 saturated heterocycles. The molecule has 0 bridgehead atoms. The van der Waals surface area contributed by atoms with Crippen molar-refractivity contribution in [2.45, 2.75) is 57.9 Å². The van der Waals surface area contributed by atoms with Gasteiger partial charge in [0.25, 0.3) is 0 Å². The summed E-state index contributed by atoms with van der Waals surface area (Å²) in [5, 5.41) is 12.1. The number of hydrogen-bond acceptors (Lipinski definition) is 3. The Morgan fingerprint density at radius 2 is 1.88 bits per heavy atom. The molecule has 0 aliphatic carbocycles. The van der Waals surface area contributed by atoms with Crippen molar-refractivity contribution in [1.82, 2.24) is 5.32 Å². The van der Waals surface area contributed by atoms with Crippen molar-refractivity contribution in [3.8, 4) is 0 Å². The number of hydrogen-bond donors (Lipinski definition) is 2. The Balaban J connectivity index is 3.44. The van der Waals surface area contributed by atoms with E-state index in [4.69, 9.17) is 5.11 Å². The Morgan fingerprint density at radius 1 is 1.24 bits per heavy atom. The maximum atomic E-state index is 10.9. The van der Waals surface area contributed by atoms with E-state index in [1.807, 2.05) is 6.26 Å². The molecule has 0 radical (unpaired) electrons. The van der Waals surface area contributed by atoms with Crippen LogP contribution in [0, 0.1) is 0 Å². The molecule has 1 unspecified atom stereocenters. The van der Waals surface area contributed by atoms with Crippen LogP contribution in [0.4, 0.5) is 0 Å². The van der Waals surface area contributed by atoms with Crippen molar-refractivity contribution in [2.75, 3.05) is 18.6 Å². The number of unbranched alkanes of at least 4 members (excludes halogenated alkanes) is 5. The van der Waals surface area contributed by atoms with Crippen LogP contribution in [0.25, 0.3) is 0 Å². The van der Waals surface area contributed by atoms with E-state index < -0.39 is 5.97 Å². The van der Waals surface area contributed by atoms with Crippen molar-refractivity contribution in [3.63, 3.8) is 0 Å². The van der Waals surface area contributed by atoms with Gasteiger partial charge in [-0.3, -0.25) is 4.79 Å². The van der Waals surface area contributed by atoms with Gasteiger partial charge in [0.15, 0.2) is 0 Å². The van der Waals surface area contributed by atoms with Crippen LogP contribution < -0.4 is 5.32 Å². The van der Waals surface area contributed by atoms with Crippen LogP contribution in [0.5, 0.6) is 0 Å². The van der Waals surface area contributed by atoms with Crippen LogP contribution in [-0.2, 0) is 4.79 Å². The van der Waals surface area contributed by atoms with Gasteiger partial charge in [-0.25, -0.2) is 0 Å². The molecule has 102 valence electrons. The summed E-state index contributed by atoms with van der Waals surface area (Å²) < 4.78 is 0. The number of aliphatic carboxylic acids is 1. The molecule has 0 aromatic carbocycles. The lowest BCUT2D eigenvalue weighted by molar-refractivity contribution is -0.139. The molecule has 1 atom stereocenters. The molecule has 0 rings (SSSR count). The Labute approximate surface area is 110 Å². The lowest BCUT2D eigenvalue weighted by Gasteiger charge is -2.13. The third kappa shape index (κ3) is 10.6. The second kappa shape index (κ2) is 12.2. The summed E-state index contributed by atoms with van der Waals surface area (Å²) >= 11 is 1.70. The minimum absolute atomic E-state index is 0.363. The maximum Gasteiger partial charge on any atom is 0.320 e. The van der Waals surface area contributed by atoms with Gasteiger partial charge in [0.2, 0.25) is 0 Å². The van der Waals surface area contributed by atoms with Crippen LogP contribution in [-0.4, -0.2) is 35.7 Å². The van der Waals surface area contributed by atoms with E-state index in [1.54, 1.807) is 11.8 Å². The Kier molecular flexibility index (Phi) is 12.1. The molecule has 17 heavy (non-hydrogen) atoms. The molecule has 0 aromatic heterocycles. The van der Waals surface area contributed by atoms with E-state index in [0.717, 1.165) is 18.7 Å². The number of nitrogens with one attached hydrogen (secondary N) is 1. The fraction of sp³-hybridized carbons (Fsp3) is 0.923. The number of thioether (sulfide) groups is 1. The van der Waals surface area contributed by atoms with Crippen LogP contribution in [0.1, 0.15) is 51.9 Å². The molecule has 0 aliphatic rings. The van der Waals surface area contributed by atoms with Crippen LogP contribution >= 0.6 is 11.8 Å². The van der Waals surface area contributed by atoms with E-state index in [0.29, 0.717) is 6.42 Å². The summed E-state index contributed by atoms with van der Waals surface area (Å²) in [4.78, 5) is 10.9. The highest BCUT2D eigenvalue weighted by atomic mass is 32.2. The molecule has 0 aliphatic heterocycles. The number of carboxylic acids is 1. The third-order valence-corrected chi connectivity index (χ3v) is 3.47. The molecule has 3 nitrogen and oxygen atoms in total. The molecule has 2 N–H and O–H groups in total. The molecule has 0 amide bonds. The molecular weight excluding hydrogens is 234 g/mol. The first-order valence-corrected chi connectivity index (χ1v) is 8.06. The van der Waals surface area contributed by atoms with Gasteiger partial charge in [0.05, 0.1) is 0 Å². The average molecular weight is 261 g/mol. The zero-order valence-electron chi connectivity index (χ0n) is 11.2. The Bertz CT molecular complexity index is 188. The van der Waals surface area contributed by atoms with Gasteiger partial charge in [-0.2, -0.15) is 11.8 Å². The zero-order valence-corrected chi connectivity index (χ0v) is 12.0. The molecule has 0 aromatic rings. The summed E-state index contributed by atoms with van der Waals surface area (Å²) in [6.45, 7) is 3.04. The van der Waals surface area contributed by atoms with Crippen LogP contribution in [0.15, 0.2) is 0 Å². The van der Waals surface area contributed by atoms with E-state index in [1.165, 1.54) is 32.1 Å². The van der Waals surface area contributed by atoms with Gasteiger partial charge in [-0.05, 0) is 31.4 Å². The summed E-state index contributed by atoms with van der Waals surface area (Å²) in [7, 11) is 0. The number of rotatable bonds is 12. The topological polar surface area (TPSA) is 49.3 Å². The van der Waals surface area contributed by atoms with Crippen molar-refractivity contribution < 1.29 is 9.90 Å². The van der Waals surface area contributed by atoms with E-state index in [-0.39, 0.29) is 6.04 Å². The van der Waals surface area contributed by atoms with Gasteiger partial charge in [0, 0.05) is 0 Å². The second-order valence-electron chi connectivity index (χ2n) is 4.39. The van der Waals surface area contributed by atoms with Crippen LogP contribution in [0.2, 0.25) is 0 Å². The van der Waals surface area contributed by atoms with E-state index >= 15 is 0 Å². The summed E-state index contributed by atoms with van der Waals surface area (Å²) in [5.74, 6) is 0.186. The fourth-order valence-electron chi connectivity index (χ4n) is 1.73. The smallest absolute Gasteiger partial charge is 0.320 e.